The highest BCUT2D eigenvalue weighted by Crippen LogP contribution is 2.33. The first-order chi connectivity index (χ1) is 7.58. The minimum absolute atomic E-state index is 0.232. The van der Waals surface area contributed by atoms with Crippen molar-refractivity contribution in [1.82, 2.24) is 9.97 Å². The smallest absolute Gasteiger partial charge is 0.224 e. The summed E-state index contributed by atoms with van der Waals surface area (Å²) < 4.78 is 0. The molecule has 1 aromatic rings. The van der Waals surface area contributed by atoms with Crippen molar-refractivity contribution in [2.45, 2.75) is 32.7 Å². The highest BCUT2D eigenvalue weighted by Gasteiger charge is 2.30. The molecule has 0 aromatic carbocycles. The Labute approximate surface area is 101 Å². The molecular weight excluding hydrogens is 224 g/mol. The predicted molar refractivity (Wildman–Crippen MR) is 66.4 cm³/mol. The molecule has 4 nitrogen and oxygen atoms in total. The van der Waals surface area contributed by atoms with Gasteiger partial charge in [-0.15, -0.1) is 0 Å². The number of nitrogens with one attached hydrogen (secondary N) is 1. The van der Waals surface area contributed by atoms with Gasteiger partial charge in [0.2, 0.25) is 5.28 Å². The first kappa shape index (κ1) is 11.5. The predicted octanol–water partition coefficient (Wildman–Crippen LogP) is 2.56. The average molecular weight is 241 g/mol. The van der Waals surface area contributed by atoms with E-state index in [9.17, 15) is 0 Å². The SMILES string of the molecule is CC1CCC(Nc2nc(Cl)ncc2N)C1C. The van der Waals surface area contributed by atoms with Gasteiger partial charge in [-0.3, -0.25) is 0 Å². The first-order valence-electron chi connectivity index (χ1n) is 5.62. The van der Waals surface area contributed by atoms with Gasteiger partial charge in [-0.05, 0) is 36.3 Å². The molecule has 88 valence electrons. The second-order valence-electron chi connectivity index (χ2n) is 4.61. The lowest BCUT2D eigenvalue weighted by atomic mass is 9.98. The van der Waals surface area contributed by atoms with Crippen molar-refractivity contribution in [3.05, 3.63) is 11.5 Å². The zero-order valence-corrected chi connectivity index (χ0v) is 10.3. The third-order valence-electron chi connectivity index (χ3n) is 3.58. The molecule has 0 radical (unpaired) electrons. The molecule has 1 fully saturated rings. The summed E-state index contributed by atoms with van der Waals surface area (Å²) in [5, 5.41) is 3.60. The maximum atomic E-state index is 5.80. The summed E-state index contributed by atoms with van der Waals surface area (Å²) in [6.45, 7) is 4.54. The Hall–Kier alpha value is -1.03. The summed E-state index contributed by atoms with van der Waals surface area (Å²) in [5.74, 6) is 2.04. The molecule has 0 aliphatic heterocycles. The van der Waals surface area contributed by atoms with Crippen LogP contribution in [0, 0.1) is 11.8 Å². The standard InChI is InChI=1S/C11H17ClN4/c1-6-3-4-9(7(6)2)15-10-8(13)5-14-11(12)16-10/h5-7,9H,3-4,13H2,1-2H3,(H,14,15,16). The summed E-state index contributed by atoms with van der Waals surface area (Å²) in [7, 11) is 0. The monoisotopic (exact) mass is 240 g/mol. The number of anilines is 2. The molecule has 3 atom stereocenters. The van der Waals surface area contributed by atoms with Crippen LogP contribution in [0.4, 0.5) is 11.5 Å². The lowest BCUT2D eigenvalue weighted by Gasteiger charge is -2.20. The van der Waals surface area contributed by atoms with Gasteiger partial charge in [0, 0.05) is 6.04 Å². The van der Waals surface area contributed by atoms with E-state index in [0.717, 1.165) is 12.3 Å². The van der Waals surface area contributed by atoms with Crippen molar-refractivity contribution < 1.29 is 0 Å². The largest absolute Gasteiger partial charge is 0.394 e. The summed E-state index contributed by atoms with van der Waals surface area (Å²) in [6.07, 6.45) is 3.95. The van der Waals surface area contributed by atoms with Crippen LogP contribution in [0.5, 0.6) is 0 Å². The second-order valence-corrected chi connectivity index (χ2v) is 4.95. The van der Waals surface area contributed by atoms with Crippen molar-refractivity contribution in [2.75, 3.05) is 11.1 Å². The minimum Gasteiger partial charge on any atom is -0.394 e. The Balaban J connectivity index is 2.12. The first-order valence-corrected chi connectivity index (χ1v) is 6.00. The highest BCUT2D eigenvalue weighted by atomic mass is 35.5. The normalized spacial score (nSPS) is 29.3. The van der Waals surface area contributed by atoms with E-state index in [4.69, 9.17) is 17.3 Å². The van der Waals surface area contributed by atoms with E-state index in [1.54, 1.807) is 6.20 Å². The average Bonchev–Trinajstić information content (AvgIpc) is 2.55. The van der Waals surface area contributed by atoms with E-state index in [-0.39, 0.29) is 5.28 Å². The van der Waals surface area contributed by atoms with Gasteiger partial charge in [-0.2, -0.15) is 4.98 Å². The summed E-state index contributed by atoms with van der Waals surface area (Å²) in [4.78, 5) is 7.95. The molecule has 1 heterocycles. The maximum absolute atomic E-state index is 5.80. The molecule has 2 rings (SSSR count). The minimum atomic E-state index is 0.232. The van der Waals surface area contributed by atoms with Crippen molar-refractivity contribution in [1.29, 1.82) is 0 Å². The molecular formula is C11H17ClN4. The van der Waals surface area contributed by atoms with E-state index in [2.05, 4.69) is 29.1 Å². The number of halogens is 1. The van der Waals surface area contributed by atoms with Crippen LogP contribution < -0.4 is 11.1 Å². The number of hydrogen-bond acceptors (Lipinski definition) is 4. The van der Waals surface area contributed by atoms with Gasteiger partial charge < -0.3 is 11.1 Å². The number of nitrogen functional groups attached to an aromatic ring is 1. The topological polar surface area (TPSA) is 63.8 Å². The van der Waals surface area contributed by atoms with E-state index in [1.807, 2.05) is 0 Å². The molecule has 0 bridgehead atoms. The molecule has 3 unspecified atom stereocenters. The Morgan fingerprint density at radius 2 is 2.19 bits per heavy atom. The molecule has 0 saturated heterocycles. The summed E-state index contributed by atoms with van der Waals surface area (Å²) in [6, 6.07) is 0.434. The van der Waals surface area contributed by atoms with Crippen molar-refractivity contribution in [3.63, 3.8) is 0 Å². The Kier molecular flexibility index (Phi) is 3.19. The molecule has 16 heavy (non-hydrogen) atoms. The second kappa shape index (κ2) is 4.45. The highest BCUT2D eigenvalue weighted by molar-refractivity contribution is 6.28. The molecule has 1 saturated carbocycles. The van der Waals surface area contributed by atoms with Crippen LogP contribution in [0.1, 0.15) is 26.7 Å². The van der Waals surface area contributed by atoms with Gasteiger partial charge in [-0.25, -0.2) is 4.98 Å². The lowest BCUT2D eigenvalue weighted by molar-refractivity contribution is 0.435. The number of aromatic nitrogens is 2. The van der Waals surface area contributed by atoms with Crippen LogP contribution in [0.3, 0.4) is 0 Å². The molecule has 0 amide bonds. The van der Waals surface area contributed by atoms with Gasteiger partial charge in [0.25, 0.3) is 0 Å². The van der Waals surface area contributed by atoms with Crippen LogP contribution in [0.15, 0.2) is 6.20 Å². The van der Waals surface area contributed by atoms with E-state index < -0.39 is 0 Å². The van der Waals surface area contributed by atoms with Gasteiger partial charge in [-0.1, -0.05) is 13.8 Å². The fourth-order valence-electron chi connectivity index (χ4n) is 2.23. The van der Waals surface area contributed by atoms with Crippen molar-refractivity contribution in [2.24, 2.45) is 11.8 Å². The van der Waals surface area contributed by atoms with Crippen LogP contribution in [0.2, 0.25) is 5.28 Å². The van der Waals surface area contributed by atoms with Gasteiger partial charge in [0.15, 0.2) is 5.82 Å². The zero-order valence-electron chi connectivity index (χ0n) is 9.57. The van der Waals surface area contributed by atoms with Crippen LogP contribution in [-0.4, -0.2) is 16.0 Å². The van der Waals surface area contributed by atoms with E-state index in [0.29, 0.717) is 23.5 Å². The van der Waals surface area contributed by atoms with Crippen molar-refractivity contribution in [3.8, 4) is 0 Å². The lowest BCUT2D eigenvalue weighted by Crippen LogP contribution is -2.25. The number of nitrogens with zero attached hydrogens (tertiary/aromatic N) is 2. The van der Waals surface area contributed by atoms with Crippen molar-refractivity contribution >= 4 is 23.1 Å². The van der Waals surface area contributed by atoms with E-state index in [1.165, 1.54) is 6.42 Å². The Morgan fingerprint density at radius 1 is 1.44 bits per heavy atom. The van der Waals surface area contributed by atoms with Gasteiger partial charge in [0.05, 0.1) is 11.9 Å². The van der Waals surface area contributed by atoms with Gasteiger partial charge in [0.1, 0.15) is 0 Å². The maximum Gasteiger partial charge on any atom is 0.224 e. The number of nitrogens with two attached hydrogens (primary N) is 1. The number of rotatable bonds is 2. The molecule has 1 aliphatic carbocycles. The molecule has 3 N–H and O–H groups in total. The van der Waals surface area contributed by atoms with Crippen LogP contribution in [-0.2, 0) is 0 Å². The third kappa shape index (κ3) is 2.21. The Bertz CT molecular complexity index is 382. The Morgan fingerprint density at radius 3 is 2.81 bits per heavy atom. The van der Waals surface area contributed by atoms with Crippen LogP contribution >= 0.6 is 11.6 Å². The fraction of sp³-hybridized carbons (Fsp3) is 0.636. The summed E-state index contributed by atoms with van der Waals surface area (Å²) in [5.41, 5.74) is 6.35. The molecule has 0 spiro atoms. The zero-order chi connectivity index (χ0) is 11.7. The molecule has 1 aliphatic rings. The quantitative estimate of drug-likeness (QED) is 0.780. The van der Waals surface area contributed by atoms with Gasteiger partial charge >= 0.3 is 0 Å². The number of hydrogen-bond donors (Lipinski definition) is 2. The molecule has 5 heteroatoms. The fourth-order valence-corrected chi connectivity index (χ4v) is 2.36. The summed E-state index contributed by atoms with van der Waals surface area (Å²) >= 11 is 5.75. The third-order valence-corrected chi connectivity index (χ3v) is 3.76. The van der Waals surface area contributed by atoms with Crippen LogP contribution in [0.25, 0.3) is 0 Å². The van der Waals surface area contributed by atoms with E-state index >= 15 is 0 Å². The molecule has 1 aromatic heterocycles.